The number of nitrogens with zero attached hydrogens (tertiary/aromatic N) is 4. The Morgan fingerprint density at radius 3 is 2.75 bits per heavy atom. The second kappa shape index (κ2) is 12.1. The second-order valence-electron chi connectivity index (χ2n) is 7.42. The topological polar surface area (TPSA) is 62.2 Å². The Morgan fingerprint density at radius 1 is 1.36 bits per heavy atom. The van der Waals surface area contributed by atoms with Gasteiger partial charge in [0.25, 0.3) is 0 Å². The van der Waals surface area contributed by atoms with Crippen LogP contribution in [0.5, 0.6) is 0 Å². The van der Waals surface area contributed by atoms with Crippen LogP contribution < -0.4 is 10.2 Å². The molecule has 9 heteroatoms. The van der Waals surface area contributed by atoms with Gasteiger partial charge in [0, 0.05) is 46.2 Å². The molecule has 1 unspecified atom stereocenters. The van der Waals surface area contributed by atoms with Crippen LogP contribution in [0.1, 0.15) is 37.8 Å². The van der Waals surface area contributed by atoms with Crippen LogP contribution >= 0.6 is 35.3 Å². The van der Waals surface area contributed by atoms with Gasteiger partial charge in [-0.15, -0.1) is 35.3 Å². The molecule has 0 radical (unpaired) electrons. The fourth-order valence-electron chi connectivity index (χ4n) is 3.50. The molecule has 0 aliphatic carbocycles. The van der Waals surface area contributed by atoms with Crippen molar-refractivity contribution in [3.8, 4) is 0 Å². The number of thiazole rings is 1. The summed E-state index contributed by atoms with van der Waals surface area (Å²) < 4.78 is 11.9. The second-order valence-corrected chi connectivity index (χ2v) is 8.26. The molecule has 0 saturated carbocycles. The number of guanidine groups is 1. The summed E-state index contributed by atoms with van der Waals surface area (Å²) in [6, 6.07) is 0. The van der Waals surface area contributed by atoms with Gasteiger partial charge in [-0.3, -0.25) is 4.99 Å². The van der Waals surface area contributed by atoms with E-state index in [9.17, 15) is 0 Å². The van der Waals surface area contributed by atoms with Gasteiger partial charge in [-0.05, 0) is 32.1 Å². The van der Waals surface area contributed by atoms with Crippen molar-refractivity contribution in [2.24, 2.45) is 4.99 Å². The summed E-state index contributed by atoms with van der Waals surface area (Å²) in [5, 5.41) is 6.58. The van der Waals surface area contributed by atoms with Crippen LogP contribution in [-0.2, 0) is 16.0 Å². The van der Waals surface area contributed by atoms with Crippen LogP contribution in [-0.4, -0.2) is 75.5 Å². The van der Waals surface area contributed by atoms with Gasteiger partial charge in [-0.25, -0.2) is 4.98 Å². The predicted molar refractivity (Wildman–Crippen MR) is 126 cm³/mol. The van der Waals surface area contributed by atoms with Gasteiger partial charge in [0.2, 0.25) is 0 Å². The maximum atomic E-state index is 6.11. The molecule has 0 bridgehead atoms. The molecule has 1 atom stereocenters. The minimum Gasteiger partial charge on any atom is -0.376 e. The first-order valence-electron chi connectivity index (χ1n) is 9.96. The van der Waals surface area contributed by atoms with E-state index in [1.807, 2.05) is 26.0 Å². The van der Waals surface area contributed by atoms with Gasteiger partial charge in [-0.1, -0.05) is 0 Å². The SMILES string of the molecule is CN=C(NCc1csc(N(C)C)n1)N1CCC(OCC2CCCCO2)CC1.I. The number of hydrogen-bond donors (Lipinski definition) is 1. The molecule has 160 valence electrons. The highest BCUT2D eigenvalue weighted by Crippen LogP contribution is 2.19. The number of hydrogen-bond acceptors (Lipinski definition) is 6. The Morgan fingerprint density at radius 2 is 2.14 bits per heavy atom. The highest BCUT2D eigenvalue weighted by atomic mass is 127. The number of nitrogens with one attached hydrogen (secondary N) is 1. The quantitative estimate of drug-likeness (QED) is 0.352. The van der Waals surface area contributed by atoms with Crippen molar-refractivity contribution < 1.29 is 9.47 Å². The summed E-state index contributed by atoms with van der Waals surface area (Å²) in [6.07, 6.45) is 6.31. The summed E-state index contributed by atoms with van der Waals surface area (Å²) in [6.45, 7) is 4.28. The van der Waals surface area contributed by atoms with Crippen LogP contribution in [0.2, 0.25) is 0 Å². The lowest BCUT2D eigenvalue weighted by Gasteiger charge is -2.35. The Labute approximate surface area is 189 Å². The molecule has 1 aromatic heterocycles. The number of aromatic nitrogens is 1. The number of likely N-dealkylation sites (tertiary alicyclic amines) is 1. The molecule has 0 amide bonds. The molecule has 0 spiro atoms. The fraction of sp³-hybridized carbons (Fsp3) is 0.789. The average Bonchev–Trinajstić information content (AvgIpc) is 3.18. The summed E-state index contributed by atoms with van der Waals surface area (Å²) in [5.41, 5.74) is 1.05. The minimum atomic E-state index is 0. The number of piperidine rings is 1. The van der Waals surface area contributed by atoms with Crippen molar-refractivity contribution in [3.63, 3.8) is 0 Å². The van der Waals surface area contributed by atoms with Crippen molar-refractivity contribution >= 4 is 46.4 Å². The van der Waals surface area contributed by atoms with Gasteiger partial charge >= 0.3 is 0 Å². The minimum absolute atomic E-state index is 0. The van der Waals surface area contributed by atoms with E-state index in [2.05, 4.69) is 25.6 Å². The highest BCUT2D eigenvalue weighted by Gasteiger charge is 2.23. The molecule has 2 aliphatic heterocycles. The number of anilines is 1. The van der Waals surface area contributed by atoms with E-state index in [0.717, 1.165) is 62.4 Å². The fourth-order valence-corrected chi connectivity index (χ4v) is 4.26. The van der Waals surface area contributed by atoms with Crippen molar-refractivity contribution in [3.05, 3.63) is 11.1 Å². The van der Waals surface area contributed by atoms with E-state index >= 15 is 0 Å². The molecule has 2 aliphatic rings. The first-order valence-corrected chi connectivity index (χ1v) is 10.8. The lowest BCUT2D eigenvalue weighted by atomic mass is 10.1. The summed E-state index contributed by atoms with van der Waals surface area (Å²) in [7, 11) is 5.88. The molecular weight excluding hydrogens is 489 g/mol. The Hall–Kier alpha value is -0.650. The number of rotatable bonds is 6. The van der Waals surface area contributed by atoms with Crippen LogP contribution in [0, 0.1) is 0 Å². The zero-order valence-corrected chi connectivity index (χ0v) is 20.4. The molecule has 7 nitrogen and oxygen atoms in total. The molecule has 3 rings (SSSR count). The normalized spacial score (nSPS) is 21.3. The Bertz CT molecular complexity index is 599. The van der Waals surface area contributed by atoms with Crippen LogP contribution in [0.25, 0.3) is 0 Å². The summed E-state index contributed by atoms with van der Waals surface area (Å²) in [5.74, 6) is 0.948. The Kier molecular flexibility index (Phi) is 10.2. The zero-order chi connectivity index (χ0) is 19.1. The van der Waals surface area contributed by atoms with Gasteiger partial charge in [0.1, 0.15) is 0 Å². The monoisotopic (exact) mass is 523 g/mol. The summed E-state index contributed by atoms with van der Waals surface area (Å²) >= 11 is 1.66. The van der Waals surface area contributed by atoms with Crippen molar-refractivity contribution in [2.75, 3.05) is 52.3 Å². The van der Waals surface area contributed by atoms with Gasteiger partial charge in [-0.2, -0.15) is 0 Å². The first-order chi connectivity index (χ1) is 13.2. The predicted octanol–water partition coefficient (Wildman–Crippen LogP) is 2.95. The summed E-state index contributed by atoms with van der Waals surface area (Å²) in [4.78, 5) is 13.4. The van der Waals surface area contributed by atoms with E-state index in [1.165, 1.54) is 12.8 Å². The van der Waals surface area contributed by atoms with Crippen LogP contribution in [0.3, 0.4) is 0 Å². The lowest BCUT2D eigenvalue weighted by Crippen LogP contribution is -2.47. The van der Waals surface area contributed by atoms with Crippen LogP contribution in [0.4, 0.5) is 5.13 Å². The van der Waals surface area contributed by atoms with Gasteiger partial charge in [0.05, 0.1) is 31.1 Å². The third-order valence-corrected chi connectivity index (χ3v) is 6.15. The molecule has 1 N–H and O–H groups in total. The number of ether oxygens (including phenoxy) is 2. The average molecular weight is 523 g/mol. The van der Waals surface area contributed by atoms with E-state index in [1.54, 1.807) is 11.3 Å². The maximum Gasteiger partial charge on any atom is 0.193 e. The standard InChI is InChI=1S/C19H33N5O2S.HI/c1-20-18(21-12-15-14-27-19(22-15)23(2)3)24-9-7-16(8-10-24)26-13-17-6-4-5-11-25-17;/h14,16-17H,4-13H2,1-3H3,(H,20,21);1H. The van der Waals surface area contributed by atoms with E-state index in [4.69, 9.17) is 9.47 Å². The molecule has 2 saturated heterocycles. The van der Waals surface area contributed by atoms with Crippen molar-refractivity contribution in [2.45, 2.75) is 50.9 Å². The Balaban J connectivity index is 0.00000280. The third kappa shape index (κ3) is 7.00. The molecular formula is C19H34IN5O2S. The van der Waals surface area contributed by atoms with Gasteiger partial charge in [0.15, 0.2) is 11.1 Å². The maximum absolute atomic E-state index is 6.11. The largest absolute Gasteiger partial charge is 0.376 e. The first kappa shape index (κ1) is 23.6. The number of aliphatic imine (C=N–C) groups is 1. The molecule has 28 heavy (non-hydrogen) atoms. The van der Waals surface area contributed by atoms with E-state index in [0.29, 0.717) is 18.8 Å². The molecule has 2 fully saturated rings. The van der Waals surface area contributed by atoms with E-state index < -0.39 is 0 Å². The zero-order valence-electron chi connectivity index (χ0n) is 17.2. The lowest BCUT2D eigenvalue weighted by molar-refractivity contribution is -0.0721. The molecule has 3 heterocycles. The van der Waals surface area contributed by atoms with E-state index in [-0.39, 0.29) is 24.0 Å². The molecule has 1 aromatic rings. The smallest absolute Gasteiger partial charge is 0.193 e. The highest BCUT2D eigenvalue weighted by molar-refractivity contribution is 14.0. The molecule has 0 aromatic carbocycles. The van der Waals surface area contributed by atoms with Gasteiger partial charge < -0.3 is 24.6 Å². The number of halogens is 1. The third-order valence-electron chi connectivity index (χ3n) is 5.09. The van der Waals surface area contributed by atoms with Crippen LogP contribution in [0.15, 0.2) is 10.4 Å². The van der Waals surface area contributed by atoms with Crippen molar-refractivity contribution in [1.82, 2.24) is 15.2 Å². The van der Waals surface area contributed by atoms with Crippen molar-refractivity contribution in [1.29, 1.82) is 0 Å².